The van der Waals surface area contributed by atoms with Crippen molar-refractivity contribution in [2.45, 2.75) is 13.3 Å². The summed E-state index contributed by atoms with van der Waals surface area (Å²) in [5.41, 5.74) is 7.14. The standard InChI is InChI=1S/C22H17NO2/c1-14-11-19(22(24)25)18-13-20(23-21(18)12-14)17-9-7-16(8-10-17)15-5-3-2-4-6-15/h2-12H,13H2,1H3,(H,24,25). The Hall–Kier alpha value is -3.20. The average molecular weight is 327 g/mol. The molecule has 0 spiro atoms. The number of benzene rings is 3. The highest BCUT2D eigenvalue weighted by molar-refractivity contribution is 6.09. The fraction of sp³-hybridized carbons (Fsp3) is 0.0909. The first-order valence-corrected chi connectivity index (χ1v) is 8.22. The number of carboxylic acid groups (broad SMARTS) is 1. The van der Waals surface area contributed by atoms with Crippen LogP contribution in [0.2, 0.25) is 0 Å². The molecule has 1 aliphatic rings. The van der Waals surface area contributed by atoms with E-state index in [0.717, 1.165) is 33.7 Å². The van der Waals surface area contributed by atoms with E-state index in [1.54, 1.807) is 6.07 Å². The number of aromatic carboxylic acids is 1. The molecule has 122 valence electrons. The van der Waals surface area contributed by atoms with E-state index < -0.39 is 5.97 Å². The third-order valence-electron chi connectivity index (χ3n) is 4.53. The summed E-state index contributed by atoms with van der Waals surface area (Å²) in [4.78, 5) is 16.2. The maximum atomic E-state index is 11.5. The van der Waals surface area contributed by atoms with Gasteiger partial charge in [-0.1, -0.05) is 54.6 Å². The zero-order chi connectivity index (χ0) is 17.4. The molecule has 1 N–H and O–H groups in total. The summed E-state index contributed by atoms with van der Waals surface area (Å²) in [6.07, 6.45) is 0.557. The van der Waals surface area contributed by atoms with Crippen LogP contribution in [0.4, 0.5) is 5.69 Å². The van der Waals surface area contributed by atoms with Gasteiger partial charge in [-0.2, -0.15) is 0 Å². The van der Waals surface area contributed by atoms with Crippen LogP contribution in [-0.4, -0.2) is 16.8 Å². The Morgan fingerprint density at radius 1 is 0.920 bits per heavy atom. The lowest BCUT2D eigenvalue weighted by molar-refractivity contribution is 0.0696. The quantitative estimate of drug-likeness (QED) is 0.733. The van der Waals surface area contributed by atoms with Crippen molar-refractivity contribution < 1.29 is 9.90 Å². The predicted octanol–water partition coefficient (Wildman–Crippen LogP) is 5.04. The number of hydrogen-bond donors (Lipinski definition) is 1. The topological polar surface area (TPSA) is 49.7 Å². The SMILES string of the molecule is Cc1cc2c(c(C(=O)O)c1)CC(c1ccc(-c3ccccc3)cc1)=N2. The fourth-order valence-corrected chi connectivity index (χ4v) is 3.28. The molecule has 1 heterocycles. The van der Waals surface area contributed by atoms with Crippen molar-refractivity contribution in [3.8, 4) is 11.1 Å². The van der Waals surface area contributed by atoms with Gasteiger partial charge in [-0.05, 0) is 46.9 Å². The Morgan fingerprint density at radius 3 is 2.24 bits per heavy atom. The minimum atomic E-state index is -0.893. The van der Waals surface area contributed by atoms with Crippen molar-refractivity contribution in [2.75, 3.05) is 0 Å². The van der Waals surface area contributed by atoms with Gasteiger partial charge in [0.15, 0.2) is 0 Å². The molecular formula is C22H17NO2. The van der Waals surface area contributed by atoms with Gasteiger partial charge in [-0.25, -0.2) is 4.79 Å². The molecule has 0 saturated carbocycles. The Kier molecular flexibility index (Phi) is 3.69. The molecule has 0 saturated heterocycles. The van der Waals surface area contributed by atoms with E-state index in [1.807, 2.05) is 31.2 Å². The van der Waals surface area contributed by atoms with Crippen molar-refractivity contribution in [3.63, 3.8) is 0 Å². The van der Waals surface area contributed by atoms with E-state index in [9.17, 15) is 9.90 Å². The van der Waals surface area contributed by atoms with E-state index in [2.05, 4.69) is 41.4 Å². The van der Waals surface area contributed by atoms with Crippen LogP contribution in [0.5, 0.6) is 0 Å². The van der Waals surface area contributed by atoms with Crippen LogP contribution >= 0.6 is 0 Å². The molecule has 1 aliphatic heterocycles. The molecule has 0 aromatic heterocycles. The smallest absolute Gasteiger partial charge is 0.336 e. The molecule has 0 atom stereocenters. The fourth-order valence-electron chi connectivity index (χ4n) is 3.28. The number of fused-ring (bicyclic) bond motifs is 1. The van der Waals surface area contributed by atoms with Gasteiger partial charge in [0.25, 0.3) is 0 Å². The molecule has 4 rings (SSSR count). The molecule has 0 radical (unpaired) electrons. The average Bonchev–Trinajstić information content (AvgIpc) is 3.05. The monoisotopic (exact) mass is 327 g/mol. The molecule has 0 aliphatic carbocycles. The number of rotatable bonds is 3. The minimum absolute atomic E-state index is 0.356. The number of nitrogens with zero attached hydrogens (tertiary/aromatic N) is 1. The molecular weight excluding hydrogens is 310 g/mol. The predicted molar refractivity (Wildman–Crippen MR) is 99.9 cm³/mol. The van der Waals surface area contributed by atoms with E-state index in [4.69, 9.17) is 0 Å². The van der Waals surface area contributed by atoms with Crippen molar-refractivity contribution in [3.05, 3.63) is 89.0 Å². The molecule has 25 heavy (non-hydrogen) atoms. The van der Waals surface area contributed by atoms with Crippen LogP contribution in [0.3, 0.4) is 0 Å². The number of aliphatic imine (C=N–C) groups is 1. The molecule has 3 nitrogen and oxygen atoms in total. The highest BCUT2D eigenvalue weighted by Crippen LogP contribution is 2.33. The Morgan fingerprint density at radius 2 is 1.56 bits per heavy atom. The van der Waals surface area contributed by atoms with Gasteiger partial charge in [0.05, 0.1) is 17.0 Å². The van der Waals surface area contributed by atoms with Crippen LogP contribution < -0.4 is 0 Å². The van der Waals surface area contributed by atoms with Gasteiger partial charge in [0, 0.05) is 6.42 Å². The Bertz CT molecular complexity index is 987. The van der Waals surface area contributed by atoms with Crippen LogP contribution in [0.25, 0.3) is 11.1 Å². The zero-order valence-corrected chi connectivity index (χ0v) is 13.9. The third-order valence-corrected chi connectivity index (χ3v) is 4.53. The van der Waals surface area contributed by atoms with E-state index in [-0.39, 0.29) is 0 Å². The first-order valence-electron chi connectivity index (χ1n) is 8.22. The largest absolute Gasteiger partial charge is 0.478 e. The number of carboxylic acids is 1. The van der Waals surface area contributed by atoms with Crippen LogP contribution in [0, 0.1) is 6.92 Å². The summed E-state index contributed by atoms with van der Waals surface area (Å²) in [5.74, 6) is -0.893. The maximum absolute atomic E-state index is 11.5. The molecule has 0 amide bonds. The summed E-state index contributed by atoms with van der Waals surface area (Å²) in [6, 6.07) is 22.2. The van der Waals surface area contributed by atoms with Crippen molar-refractivity contribution in [1.29, 1.82) is 0 Å². The summed E-state index contributed by atoms with van der Waals surface area (Å²) in [6.45, 7) is 1.90. The molecule has 0 bridgehead atoms. The maximum Gasteiger partial charge on any atom is 0.336 e. The summed E-state index contributed by atoms with van der Waals surface area (Å²) in [5, 5.41) is 9.44. The minimum Gasteiger partial charge on any atom is -0.478 e. The van der Waals surface area contributed by atoms with Crippen molar-refractivity contribution in [1.82, 2.24) is 0 Å². The molecule has 0 unspecified atom stereocenters. The van der Waals surface area contributed by atoms with Crippen molar-refractivity contribution in [2.24, 2.45) is 4.99 Å². The second-order valence-electron chi connectivity index (χ2n) is 6.29. The molecule has 3 heteroatoms. The van der Waals surface area contributed by atoms with E-state index in [1.165, 1.54) is 5.56 Å². The lowest BCUT2D eigenvalue weighted by atomic mass is 9.97. The van der Waals surface area contributed by atoms with Gasteiger partial charge in [0.1, 0.15) is 0 Å². The lowest BCUT2D eigenvalue weighted by Gasteiger charge is -2.06. The second-order valence-corrected chi connectivity index (χ2v) is 6.29. The normalized spacial score (nSPS) is 12.6. The molecule has 3 aromatic carbocycles. The Labute approximate surface area is 146 Å². The lowest BCUT2D eigenvalue weighted by Crippen LogP contribution is -2.05. The van der Waals surface area contributed by atoms with Gasteiger partial charge in [-0.15, -0.1) is 0 Å². The number of aryl methyl sites for hydroxylation is 1. The van der Waals surface area contributed by atoms with Crippen LogP contribution in [0.15, 0.2) is 71.7 Å². The van der Waals surface area contributed by atoms with Gasteiger partial charge >= 0.3 is 5.97 Å². The highest BCUT2D eigenvalue weighted by Gasteiger charge is 2.22. The summed E-state index contributed by atoms with van der Waals surface area (Å²) < 4.78 is 0. The summed E-state index contributed by atoms with van der Waals surface area (Å²) in [7, 11) is 0. The second kappa shape index (κ2) is 6.02. The highest BCUT2D eigenvalue weighted by atomic mass is 16.4. The number of hydrogen-bond acceptors (Lipinski definition) is 2. The summed E-state index contributed by atoms with van der Waals surface area (Å²) >= 11 is 0. The number of carbonyl (C=O) groups is 1. The molecule has 3 aromatic rings. The first-order chi connectivity index (χ1) is 12.1. The zero-order valence-electron chi connectivity index (χ0n) is 13.9. The molecule has 0 fully saturated rings. The first kappa shape index (κ1) is 15.3. The van der Waals surface area contributed by atoms with E-state index in [0.29, 0.717) is 12.0 Å². The van der Waals surface area contributed by atoms with Crippen LogP contribution in [-0.2, 0) is 6.42 Å². The third kappa shape index (κ3) is 2.85. The Balaban J connectivity index is 1.67. The van der Waals surface area contributed by atoms with Gasteiger partial charge < -0.3 is 5.11 Å². The van der Waals surface area contributed by atoms with Crippen molar-refractivity contribution >= 4 is 17.4 Å². The van der Waals surface area contributed by atoms with E-state index >= 15 is 0 Å². The van der Waals surface area contributed by atoms with Gasteiger partial charge in [0.2, 0.25) is 0 Å². The van der Waals surface area contributed by atoms with Crippen LogP contribution in [0.1, 0.15) is 27.0 Å². The van der Waals surface area contributed by atoms with Gasteiger partial charge in [-0.3, -0.25) is 4.99 Å².